The number of aliphatic imine (C=N–C) groups is 1. The Kier molecular flexibility index (Phi) is 8.75. The number of nitriles is 1. The minimum Gasteiger partial charge on any atom is -0.493 e. The molecule has 0 fully saturated rings. The van der Waals surface area contributed by atoms with Crippen molar-refractivity contribution in [2.24, 2.45) is 16.3 Å². The van der Waals surface area contributed by atoms with Crippen LogP contribution in [0, 0.1) is 22.7 Å². The molecule has 42 heavy (non-hydrogen) atoms. The highest BCUT2D eigenvalue weighted by atomic mass is 32.1. The van der Waals surface area contributed by atoms with Gasteiger partial charge in [0, 0.05) is 22.3 Å². The first-order valence-corrected chi connectivity index (χ1v) is 14.9. The monoisotopic (exact) mass is 577 g/mol. The van der Waals surface area contributed by atoms with Gasteiger partial charge >= 0.3 is 0 Å². The summed E-state index contributed by atoms with van der Waals surface area (Å²) in [5, 5.41) is 13.2. The van der Waals surface area contributed by atoms with Gasteiger partial charge in [0.05, 0.1) is 24.3 Å². The molecule has 6 nitrogen and oxygen atoms in total. The number of benzene rings is 3. The Balaban J connectivity index is 1.41. The number of rotatable bonds is 8. The molecule has 1 aliphatic carbocycles. The SMILES string of the molecule is COc1cc(C=Nc2sc3c(c2C(=O)Nc2ccccc2)CC[C@@H](C(C)(C)C)C3)ccc1OCc1ccccc1C#N. The highest BCUT2D eigenvalue weighted by molar-refractivity contribution is 7.16. The second kappa shape index (κ2) is 12.6. The van der Waals surface area contributed by atoms with E-state index in [-0.39, 0.29) is 17.9 Å². The molecule has 1 N–H and O–H groups in total. The number of thiophene rings is 1. The molecular weight excluding hydrogens is 542 g/mol. The zero-order valence-electron chi connectivity index (χ0n) is 24.4. The van der Waals surface area contributed by atoms with E-state index < -0.39 is 0 Å². The van der Waals surface area contributed by atoms with Crippen LogP contribution in [0.25, 0.3) is 0 Å². The Morgan fingerprint density at radius 2 is 1.86 bits per heavy atom. The summed E-state index contributed by atoms with van der Waals surface area (Å²) in [5.41, 5.74) is 4.98. The predicted octanol–water partition coefficient (Wildman–Crippen LogP) is 8.36. The van der Waals surface area contributed by atoms with E-state index in [9.17, 15) is 10.1 Å². The fourth-order valence-electron chi connectivity index (χ4n) is 5.28. The summed E-state index contributed by atoms with van der Waals surface area (Å²) in [6, 6.07) is 24.7. The van der Waals surface area contributed by atoms with E-state index in [1.165, 1.54) is 4.88 Å². The van der Waals surface area contributed by atoms with Gasteiger partial charge in [0.2, 0.25) is 0 Å². The molecule has 0 bridgehead atoms. The lowest BCUT2D eigenvalue weighted by Gasteiger charge is -2.33. The number of nitrogens with zero attached hydrogens (tertiary/aromatic N) is 2. The quantitative estimate of drug-likeness (QED) is 0.213. The summed E-state index contributed by atoms with van der Waals surface area (Å²) in [4.78, 5) is 19.7. The second-order valence-corrected chi connectivity index (χ2v) is 12.6. The van der Waals surface area contributed by atoms with Crippen LogP contribution in [0.2, 0.25) is 0 Å². The molecule has 5 rings (SSSR count). The van der Waals surface area contributed by atoms with Crippen LogP contribution in [0.4, 0.5) is 10.7 Å². The van der Waals surface area contributed by atoms with E-state index in [1.54, 1.807) is 30.7 Å². The van der Waals surface area contributed by atoms with Crippen LogP contribution in [0.3, 0.4) is 0 Å². The van der Waals surface area contributed by atoms with Gasteiger partial charge < -0.3 is 14.8 Å². The van der Waals surface area contributed by atoms with Crippen molar-refractivity contribution in [3.8, 4) is 17.6 Å². The van der Waals surface area contributed by atoms with Gasteiger partial charge in [-0.25, -0.2) is 4.99 Å². The minimum atomic E-state index is -0.126. The number of carbonyl (C=O) groups is 1. The van der Waals surface area contributed by atoms with Crippen LogP contribution in [0.1, 0.15) is 64.7 Å². The molecule has 0 saturated heterocycles. The van der Waals surface area contributed by atoms with Crippen LogP contribution in [0.5, 0.6) is 11.5 Å². The van der Waals surface area contributed by atoms with E-state index >= 15 is 0 Å². The Labute approximate surface area is 251 Å². The van der Waals surface area contributed by atoms with Crippen molar-refractivity contribution in [1.29, 1.82) is 5.26 Å². The second-order valence-electron chi connectivity index (χ2n) is 11.5. The van der Waals surface area contributed by atoms with Crippen LogP contribution < -0.4 is 14.8 Å². The molecule has 3 aromatic carbocycles. The van der Waals surface area contributed by atoms with Crippen LogP contribution in [0.15, 0.2) is 77.8 Å². The van der Waals surface area contributed by atoms with Crippen molar-refractivity contribution >= 4 is 34.1 Å². The van der Waals surface area contributed by atoms with E-state index in [2.05, 4.69) is 32.2 Å². The molecule has 4 aromatic rings. The highest BCUT2D eigenvalue weighted by Crippen LogP contribution is 2.45. The van der Waals surface area contributed by atoms with E-state index in [1.807, 2.05) is 66.7 Å². The lowest BCUT2D eigenvalue weighted by atomic mass is 9.72. The third-order valence-corrected chi connectivity index (χ3v) is 8.93. The molecule has 214 valence electrons. The largest absolute Gasteiger partial charge is 0.493 e. The molecule has 0 spiro atoms. The average Bonchev–Trinajstić information content (AvgIpc) is 3.37. The summed E-state index contributed by atoms with van der Waals surface area (Å²) in [6.07, 6.45) is 4.66. The maximum absolute atomic E-state index is 13.6. The molecule has 1 aromatic heterocycles. The number of para-hydroxylation sites is 1. The van der Waals surface area contributed by atoms with Gasteiger partial charge in [-0.1, -0.05) is 57.2 Å². The highest BCUT2D eigenvalue weighted by Gasteiger charge is 2.33. The molecule has 7 heteroatoms. The molecule has 1 amide bonds. The van der Waals surface area contributed by atoms with Crippen molar-refractivity contribution in [3.05, 3.63) is 105 Å². The van der Waals surface area contributed by atoms with Crippen molar-refractivity contribution in [2.45, 2.75) is 46.6 Å². The lowest BCUT2D eigenvalue weighted by molar-refractivity contribution is 0.102. The standard InChI is InChI=1S/C35H35N3O3S/c1-35(2,3)26-15-16-28-31(19-26)42-34(32(28)33(39)38-27-12-6-5-7-13-27)37-21-23-14-17-29(30(18-23)40-4)41-22-25-11-9-8-10-24(25)20-36/h5-14,17-18,21,26H,15-16,19,22H2,1-4H3,(H,38,39)/t26-/m1/s1. The number of amides is 1. The van der Waals surface area contributed by atoms with E-state index in [0.29, 0.717) is 28.5 Å². The van der Waals surface area contributed by atoms with E-state index in [0.717, 1.165) is 46.6 Å². The Morgan fingerprint density at radius 3 is 2.60 bits per heavy atom. The van der Waals surface area contributed by atoms with Gasteiger partial charge in [0.15, 0.2) is 11.5 Å². The fourth-order valence-corrected chi connectivity index (χ4v) is 6.55. The zero-order valence-corrected chi connectivity index (χ0v) is 25.3. The Morgan fingerprint density at radius 1 is 1.10 bits per heavy atom. The average molecular weight is 578 g/mol. The van der Waals surface area contributed by atoms with Gasteiger partial charge in [-0.05, 0) is 78.1 Å². The van der Waals surface area contributed by atoms with Gasteiger partial charge in [-0.2, -0.15) is 5.26 Å². The normalized spacial score (nSPS) is 14.7. The van der Waals surface area contributed by atoms with Gasteiger partial charge in [-0.15, -0.1) is 11.3 Å². The van der Waals surface area contributed by atoms with Crippen LogP contribution in [-0.4, -0.2) is 19.2 Å². The molecule has 1 aliphatic rings. The number of ether oxygens (including phenoxy) is 2. The van der Waals surface area contributed by atoms with Crippen molar-refractivity contribution in [2.75, 3.05) is 12.4 Å². The van der Waals surface area contributed by atoms with E-state index in [4.69, 9.17) is 14.5 Å². The number of nitrogens with one attached hydrogen (secondary N) is 1. The Hall–Kier alpha value is -4.41. The number of fused-ring (bicyclic) bond motifs is 1. The predicted molar refractivity (Wildman–Crippen MR) is 169 cm³/mol. The maximum atomic E-state index is 13.6. The summed E-state index contributed by atoms with van der Waals surface area (Å²) in [7, 11) is 1.59. The van der Waals surface area contributed by atoms with Crippen molar-refractivity contribution in [3.63, 3.8) is 0 Å². The third-order valence-electron chi connectivity index (χ3n) is 7.77. The van der Waals surface area contributed by atoms with Crippen molar-refractivity contribution < 1.29 is 14.3 Å². The van der Waals surface area contributed by atoms with Gasteiger partial charge in [0.1, 0.15) is 11.6 Å². The number of anilines is 1. The topological polar surface area (TPSA) is 83.7 Å². The Bertz CT molecular complexity index is 1640. The number of hydrogen-bond acceptors (Lipinski definition) is 6. The van der Waals surface area contributed by atoms with Crippen LogP contribution >= 0.6 is 11.3 Å². The summed E-state index contributed by atoms with van der Waals surface area (Å²) in [5.74, 6) is 1.57. The van der Waals surface area contributed by atoms with Gasteiger partial charge in [0.25, 0.3) is 5.91 Å². The number of hydrogen-bond donors (Lipinski definition) is 1. The molecular formula is C35H35N3O3S. The lowest BCUT2D eigenvalue weighted by Crippen LogP contribution is -2.27. The minimum absolute atomic E-state index is 0.126. The molecule has 1 atom stereocenters. The van der Waals surface area contributed by atoms with Crippen molar-refractivity contribution in [1.82, 2.24) is 0 Å². The van der Waals surface area contributed by atoms with Gasteiger partial charge in [-0.3, -0.25) is 4.79 Å². The molecule has 0 saturated carbocycles. The number of methoxy groups -OCH3 is 1. The smallest absolute Gasteiger partial charge is 0.259 e. The number of carbonyl (C=O) groups excluding carboxylic acids is 1. The molecule has 0 aliphatic heterocycles. The molecule has 0 unspecified atom stereocenters. The van der Waals surface area contributed by atoms with Crippen LogP contribution in [-0.2, 0) is 19.4 Å². The summed E-state index contributed by atoms with van der Waals surface area (Å²) >= 11 is 1.62. The zero-order chi connectivity index (χ0) is 29.7. The third kappa shape index (κ3) is 6.56. The molecule has 0 radical (unpaired) electrons. The fraction of sp³-hybridized carbons (Fsp3) is 0.286. The first kappa shape index (κ1) is 29.1. The summed E-state index contributed by atoms with van der Waals surface area (Å²) < 4.78 is 11.6. The first-order chi connectivity index (χ1) is 20.3. The summed E-state index contributed by atoms with van der Waals surface area (Å²) in [6.45, 7) is 7.13. The first-order valence-electron chi connectivity index (χ1n) is 14.1. The molecule has 1 heterocycles. The maximum Gasteiger partial charge on any atom is 0.259 e.